The van der Waals surface area contributed by atoms with E-state index in [0.29, 0.717) is 6.04 Å². The molecule has 0 amide bonds. The maximum absolute atomic E-state index is 5.50. The summed E-state index contributed by atoms with van der Waals surface area (Å²) < 4.78 is 5.50. The molecular formula is C14H22N2OS. The molecule has 2 aliphatic heterocycles. The van der Waals surface area contributed by atoms with Gasteiger partial charge in [0.15, 0.2) is 0 Å². The molecule has 3 nitrogen and oxygen atoms in total. The maximum atomic E-state index is 5.50. The third-order valence-electron chi connectivity index (χ3n) is 4.10. The molecule has 3 heterocycles. The van der Waals surface area contributed by atoms with Gasteiger partial charge in [-0.05, 0) is 43.3 Å². The topological polar surface area (TPSA) is 24.5 Å². The smallest absolute Gasteiger partial charge is 0.0594 e. The highest BCUT2D eigenvalue weighted by atomic mass is 32.1. The van der Waals surface area contributed by atoms with Crippen LogP contribution in [0.1, 0.15) is 23.8 Å². The van der Waals surface area contributed by atoms with Crippen molar-refractivity contribution in [1.29, 1.82) is 0 Å². The summed E-state index contributed by atoms with van der Waals surface area (Å²) in [7, 11) is 0. The molecule has 0 saturated carbocycles. The lowest BCUT2D eigenvalue weighted by atomic mass is 9.88. The molecule has 2 saturated heterocycles. The molecule has 1 N–H and O–H groups in total. The van der Waals surface area contributed by atoms with E-state index < -0.39 is 0 Å². The minimum atomic E-state index is 0.621. The van der Waals surface area contributed by atoms with Gasteiger partial charge in [-0.1, -0.05) is 6.07 Å². The number of piperidine rings is 1. The first kappa shape index (κ1) is 12.6. The van der Waals surface area contributed by atoms with Crippen LogP contribution in [0.5, 0.6) is 0 Å². The van der Waals surface area contributed by atoms with Gasteiger partial charge < -0.3 is 10.1 Å². The van der Waals surface area contributed by atoms with Crippen molar-refractivity contribution in [3.8, 4) is 0 Å². The number of morpholine rings is 1. The number of thiophene rings is 1. The normalized spacial score (nSPS) is 25.1. The first-order valence-electron chi connectivity index (χ1n) is 7.01. The van der Waals surface area contributed by atoms with E-state index in [1.165, 1.54) is 25.9 Å². The number of ether oxygens (including phenoxy) is 1. The van der Waals surface area contributed by atoms with Crippen LogP contribution in [0.2, 0.25) is 0 Å². The number of nitrogens with one attached hydrogen (secondary N) is 1. The quantitative estimate of drug-likeness (QED) is 0.907. The minimum absolute atomic E-state index is 0.621. The van der Waals surface area contributed by atoms with Gasteiger partial charge in [0.05, 0.1) is 13.2 Å². The summed E-state index contributed by atoms with van der Waals surface area (Å²) in [6, 6.07) is 5.12. The highest BCUT2D eigenvalue weighted by molar-refractivity contribution is 7.10. The van der Waals surface area contributed by atoms with Crippen molar-refractivity contribution < 1.29 is 4.74 Å². The zero-order chi connectivity index (χ0) is 12.2. The van der Waals surface area contributed by atoms with Crippen LogP contribution in [0.15, 0.2) is 17.5 Å². The molecule has 1 aromatic heterocycles. The SMILES string of the molecule is c1csc(C(C2CCNCC2)N2CCOCC2)c1. The fourth-order valence-electron chi connectivity index (χ4n) is 3.19. The van der Waals surface area contributed by atoms with E-state index >= 15 is 0 Å². The summed E-state index contributed by atoms with van der Waals surface area (Å²) in [6.07, 6.45) is 2.61. The van der Waals surface area contributed by atoms with E-state index in [-0.39, 0.29) is 0 Å². The summed E-state index contributed by atoms with van der Waals surface area (Å²) in [5.74, 6) is 0.808. The molecule has 0 spiro atoms. The van der Waals surface area contributed by atoms with Crippen molar-refractivity contribution in [1.82, 2.24) is 10.2 Å². The van der Waals surface area contributed by atoms with Crippen molar-refractivity contribution >= 4 is 11.3 Å². The van der Waals surface area contributed by atoms with Gasteiger partial charge in [-0.15, -0.1) is 11.3 Å². The second-order valence-corrected chi connectivity index (χ2v) is 6.18. The van der Waals surface area contributed by atoms with Crippen molar-refractivity contribution in [2.45, 2.75) is 18.9 Å². The molecule has 2 fully saturated rings. The molecule has 0 aliphatic carbocycles. The van der Waals surface area contributed by atoms with Crippen LogP contribution < -0.4 is 5.32 Å². The van der Waals surface area contributed by atoms with Crippen LogP contribution in [-0.2, 0) is 4.74 Å². The fourth-order valence-corrected chi connectivity index (χ4v) is 4.14. The number of hydrogen-bond donors (Lipinski definition) is 1. The van der Waals surface area contributed by atoms with Crippen LogP contribution in [0.4, 0.5) is 0 Å². The number of hydrogen-bond acceptors (Lipinski definition) is 4. The van der Waals surface area contributed by atoms with Gasteiger partial charge in [0.2, 0.25) is 0 Å². The molecule has 0 radical (unpaired) electrons. The van der Waals surface area contributed by atoms with Crippen LogP contribution in [0.3, 0.4) is 0 Å². The van der Waals surface area contributed by atoms with E-state index in [4.69, 9.17) is 4.74 Å². The molecule has 0 aromatic carbocycles. The third kappa shape index (κ3) is 2.77. The predicted molar refractivity (Wildman–Crippen MR) is 75.0 cm³/mol. The zero-order valence-corrected chi connectivity index (χ0v) is 11.6. The molecule has 1 atom stereocenters. The van der Waals surface area contributed by atoms with E-state index in [0.717, 1.165) is 32.2 Å². The molecule has 18 heavy (non-hydrogen) atoms. The van der Waals surface area contributed by atoms with Crippen LogP contribution in [0, 0.1) is 5.92 Å². The first-order valence-corrected chi connectivity index (χ1v) is 7.89. The van der Waals surface area contributed by atoms with Gasteiger partial charge in [-0.3, -0.25) is 4.90 Å². The van der Waals surface area contributed by atoms with Gasteiger partial charge in [0.1, 0.15) is 0 Å². The molecular weight excluding hydrogens is 244 g/mol. The second-order valence-electron chi connectivity index (χ2n) is 5.20. The standard InChI is InChI=1S/C14H22N2OS/c1-2-13(18-11-1)14(12-3-5-15-6-4-12)16-7-9-17-10-8-16/h1-2,11-12,14-15H,3-10H2. The minimum Gasteiger partial charge on any atom is -0.379 e. The summed E-state index contributed by atoms with van der Waals surface area (Å²) in [5.41, 5.74) is 0. The predicted octanol–water partition coefficient (Wildman–Crippen LogP) is 2.12. The van der Waals surface area contributed by atoms with Crippen molar-refractivity contribution in [2.24, 2.45) is 5.92 Å². The second kappa shape index (κ2) is 6.15. The zero-order valence-electron chi connectivity index (χ0n) is 10.8. The number of nitrogens with zero attached hydrogens (tertiary/aromatic N) is 1. The lowest BCUT2D eigenvalue weighted by molar-refractivity contribution is -0.00120. The average Bonchev–Trinajstić information content (AvgIpc) is 2.95. The molecule has 1 unspecified atom stereocenters. The summed E-state index contributed by atoms with van der Waals surface area (Å²) in [5, 5.41) is 5.69. The van der Waals surface area contributed by atoms with E-state index in [9.17, 15) is 0 Å². The third-order valence-corrected chi connectivity index (χ3v) is 5.05. The van der Waals surface area contributed by atoms with Gasteiger partial charge in [-0.25, -0.2) is 0 Å². The molecule has 4 heteroatoms. The Labute approximate surface area is 113 Å². The highest BCUT2D eigenvalue weighted by Gasteiger charge is 2.31. The van der Waals surface area contributed by atoms with Gasteiger partial charge in [-0.2, -0.15) is 0 Å². The molecule has 3 rings (SSSR count). The Balaban J connectivity index is 1.78. The first-order chi connectivity index (χ1) is 8.95. The molecule has 2 aliphatic rings. The van der Waals surface area contributed by atoms with Crippen LogP contribution in [0.25, 0.3) is 0 Å². The average molecular weight is 266 g/mol. The van der Waals surface area contributed by atoms with E-state index in [1.807, 2.05) is 11.3 Å². The van der Waals surface area contributed by atoms with Gasteiger partial charge >= 0.3 is 0 Å². The van der Waals surface area contributed by atoms with E-state index in [2.05, 4.69) is 27.7 Å². The monoisotopic (exact) mass is 266 g/mol. The Morgan fingerprint density at radius 2 is 2.06 bits per heavy atom. The maximum Gasteiger partial charge on any atom is 0.0594 e. The summed E-state index contributed by atoms with van der Waals surface area (Å²) in [4.78, 5) is 4.19. The van der Waals surface area contributed by atoms with Gasteiger partial charge in [0.25, 0.3) is 0 Å². The highest BCUT2D eigenvalue weighted by Crippen LogP contribution is 2.36. The van der Waals surface area contributed by atoms with Gasteiger partial charge in [0, 0.05) is 24.0 Å². The summed E-state index contributed by atoms with van der Waals surface area (Å²) >= 11 is 1.92. The largest absolute Gasteiger partial charge is 0.379 e. The molecule has 100 valence electrons. The van der Waals surface area contributed by atoms with Crippen LogP contribution >= 0.6 is 11.3 Å². The molecule has 0 bridgehead atoms. The lowest BCUT2D eigenvalue weighted by Gasteiger charge is -2.40. The molecule has 1 aromatic rings. The summed E-state index contributed by atoms with van der Waals surface area (Å²) in [6.45, 7) is 6.33. The van der Waals surface area contributed by atoms with Crippen LogP contribution in [-0.4, -0.2) is 44.3 Å². The van der Waals surface area contributed by atoms with Crippen molar-refractivity contribution in [3.63, 3.8) is 0 Å². The Bertz CT molecular complexity index is 325. The Morgan fingerprint density at radius 3 is 2.72 bits per heavy atom. The Morgan fingerprint density at radius 1 is 1.28 bits per heavy atom. The van der Waals surface area contributed by atoms with Crippen molar-refractivity contribution in [2.75, 3.05) is 39.4 Å². The van der Waals surface area contributed by atoms with Crippen molar-refractivity contribution in [3.05, 3.63) is 22.4 Å². The van der Waals surface area contributed by atoms with E-state index in [1.54, 1.807) is 4.88 Å². The Kier molecular flexibility index (Phi) is 4.31. The number of rotatable bonds is 3. The fraction of sp³-hybridized carbons (Fsp3) is 0.714. The Hall–Kier alpha value is -0.420. The lowest BCUT2D eigenvalue weighted by Crippen LogP contribution is -2.44.